The monoisotopic (exact) mass is 235 g/mol. The first-order chi connectivity index (χ1) is 8.16. The Labute approximate surface area is 101 Å². The molecule has 0 spiro atoms. The topological polar surface area (TPSA) is 20.3 Å². The minimum Gasteiger partial charge on any atom is -0.339 e. The molecule has 1 saturated heterocycles. The van der Waals surface area contributed by atoms with Crippen LogP contribution in [0.3, 0.4) is 0 Å². The molecule has 1 heterocycles. The number of hydrogen-bond acceptors (Lipinski definition) is 1. The van der Waals surface area contributed by atoms with E-state index < -0.39 is 0 Å². The predicted molar refractivity (Wildman–Crippen MR) is 65.3 cm³/mol. The second-order valence-electron chi connectivity index (χ2n) is 4.84. The van der Waals surface area contributed by atoms with Gasteiger partial charge in [0.15, 0.2) is 0 Å². The van der Waals surface area contributed by atoms with Crippen LogP contribution in [0.1, 0.15) is 36.5 Å². The van der Waals surface area contributed by atoms with E-state index in [0.717, 1.165) is 25.9 Å². The van der Waals surface area contributed by atoms with E-state index >= 15 is 0 Å². The third kappa shape index (κ3) is 3.05. The fourth-order valence-electron chi connectivity index (χ4n) is 2.24. The Morgan fingerprint density at radius 2 is 1.94 bits per heavy atom. The van der Waals surface area contributed by atoms with Crippen molar-refractivity contribution < 1.29 is 9.18 Å². The smallest absolute Gasteiger partial charge is 0.253 e. The Kier molecular flexibility index (Phi) is 3.77. The molecular formula is C14H18FNO. The molecule has 2 nitrogen and oxygen atoms in total. The number of amides is 1. The van der Waals surface area contributed by atoms with E-state index in [1.165, 1.54) is 18.6 Å². The Morgan fingerprint density at radius 1 is 1.24 bits per heavy atom. The second-order valence-corrected chi connectivity index (χ2v) is 4.84. The molecule has 1 aliphatic heterocycles. The number of rotatable bonds is 1. The van der Waals surface area contributed by atoms with Gasteiger partial charge in [-0.2, -0.15) is 0 Å². The molecule has 1 aromatic rings. The summed E-state index contributed by atoms with van der Waals surface area (Å²) in [6.45, 7) is 3.86. The lowest BCUT2D eigenvalue weighted by Crippen LogP contribution is -2.31. The number of carbonyl (C=O) groups is 1. The number of benzene rings is 1. The fraction of sp³-hybridized carbons (Fsp3) is 0.500. The third-order valence-corrected chi connectivity index (χ3v) is 3.40. The molecule has 2 rings (SSSR count). The first-order valence-corrected chi connectivity index (χ1v) is 6.21. The highest BCUT2D eigenvalue weighted by molar-refractivity contribution is 5.94. The van der Waals surface area contributed by atoms with Gasteiger partial charge in [-0.3, -0.25) is 4.79 Å². The van der Waals surface area contributed by atoms with Crippen molar-refractivity contribution in [2.75, 3.05) is 13.1 Å². The molecule has 17 heavy (non-hydrogen) atoms. The summed E-state index contributed by atoms with van der Waals surface area (Å²) >= 11 is 0. The van der Waals surface area contributed by atoms with Crippen molar-refractivity contribution in [1.82, 2.24) is 4.90 Å². The lowest BCUT2D eigenvalue weighted by Gasteiger charge is -2.20. The summed E-state index contributed by atoms with van der Waals surface area (Å²) in [6.07, 6.45) is 3.31. The molecule has 0 radical (unpaired) electrons. The quantitative estimate of drug-likeness (QED) is 0.732. The fourth-order valence-corrected chi connectivity index (χ4v) is 2.24. The Morgan fingerprint density at radius 3 is 2.65 bits per heavy atom. The van der Waals surface area contributed by atoms with Crippen LogP contribution in [0.25, 0.3) is 0 Å². The van der Waals surface area contributed by atoms with Gasteiger partial charge in [0.2, 0.25) is 0 Å². The van der Waals surface area contributed by atoms with Gasteiger partial charge in [-0.05, 0) is 49.4 Å². The van der Waals surface area contributed by atoms with Crippen molar-refractivity contribution in [2.45, 2.75) is 26.2 Å². The van der Waals surface area contributed by atoms with Gasteiger partial charge >= 0.3 is 0 Å². The van der Waals surface area contributed by atoms with Gasteiger partial charge < -0.3 is 4.90 Å². The maximum atomic E-state index is 12.8. The first-order valence-electron chi connectivity index (χ1n) is 6.21. The predicted octanol–water partition coefficient (Wildman–Crippen LogP) is 3.09. The van der Waals surface area contributed by atoms with E-state index in [-0.39, 0.29) is 11.7 Å². The number of halogens is 1. The van der Waals surface area contributed by atoms with E-state index in [9.17, 15) is 9.18 Å². The molecule has 1 unspecified atom stereocenters. The van der Waals surface area contributed by atoms with E-state index in [4.69, 9.17) is 0 Å². The number of nitrogens with zero attached hydrogens (tertiary/aromatic N) is 1. The zero-order valence-electron chi connectivity index (χ0n) is 10.2. The molecule has 1 fully saturated rings. The van der Waals surface area contributed by atoms with E-state index in [1.807, 2.05) is 4.90 Å². The van der Waals surface area contributed by atoms with Crippen LogP contribution >= 0.6 is 0 Å². The van der Waals surface area contributed by atoms with Gasteiger partial charge in [0.05, 0.1) is 0 Å². The zero-order valence-corrected chi connectivity index (χ0v) is 10.2. The molecular weight excluding hydrogens is 217 g/mol. The van der Waals surface area contributed by atoms with Crippen LogP contribution in [0.4, 0.5) is 4.39 Å². The Balaban J connectivity index is 2.06. The molecule has 92 valence electrons. The van der Waals surface area contributed by atoms with E-state index in [2.05, 4.69) is 6.92 Å². The summed E-state index contributed by atoms with van der Waals surface area (Å²) in [7, 11) is 0. The van der Waals surface area contributed by atoms with Crippen molar-refractivity contribution in [2.24, 2.45) is 5.92 Å². The first kappa shape index (κ1) is 12.1. The van der Waals surface area contributed by atoms with Crippen LogP contribution in [-0.4, -0.2) is 23.9 Å². The summed E-state index contributed by atoms with van der Waals surface area (Å²) in [5.74, 6) is 0.422. The van der Waals surface area contributed by atoms with Crippen LogP contribution in [0.15, 0.2) is 24.3 Å². The lowest BCUT2D eigenvalue weighted by atomic mass is 10.0. The highest BCUT2D eigenvalue weighted by Crippen LogP contribution is 2.18. The average Bonchev–Trinajstić information content (AvgIpc) is 2.54. The molecule has 1 atom stereocenters. The molecule has 0 bridgehead atoms. The summed E-state index contributed by atoms with van der Waals surface area (Å²) < 4.78 is 12.8. The molecule has 3 heteroatoms. The normalized spacial score (nSPS) is 21.1. The molecule has 1 aliphatic rings. The SMILES string of the molecule is CC1CCCN(C(=O)c2ccc(F)cc2)CC1. The molecule has 0 saturated carbocycles. The molecule has 0 aromatic heterocycles. The Hall–Kier alpha value is -1.38. The van der Waals surface area contributed by atoms with Gasteiger partial charge in [-0.1, -0.05) is 6.92 Å². The molecule has 1 amide bonds. The molecule has 0 N–H and O–H groups in total. The van der Waals surface area contributed by atoms with Gasteiger partial charge in [-0.25, -0.2) is 4.39 Å². The average molecular weight is 235 g/mol. The van der Waals surface area contributed by atoms with Crippen LogP contribution < -0.4 is 0 Å². The maximum Gasteiger partial charge on any atom is 0.253 e. The summed E-state index contributed by atoms with van der Waals surface area (Å²) in [5.41, 5.74) is 0.584. The largest absolute Gasteiger partial charge is 0.339 e. The molecule has 1 aromatic carbocycles. The second kappa shape index (κ2) is 5.30. The van der Waals surface area contributed by atoms with Crippen molar-refractivity contribution in [3.8, 4) is 0 Å². The highest BCUT2D eigenvalue weighted by atomic mass is 19.1. The van der Waals surface area contributed by atoms with E-state index in [0.29, 0.717) is 11.5 Å². The van der Waals surface area contributed by atoms with Crippen molar-refractivity contribution in [3.63, 3.8) is 0 Å². The van der Waals surface area contributed by atoms with Crippen molar-refractivity contribution >= 4 is 5.91 Å². The third-order valence-electron chi connectivity index (χ3n) is 3.40. The van der Waals surface area contributed by atoms with Crippen LogP contribution in [0.5, 0.6) is 0 Å². The van der Waals surface area contributed by atoms with Gasteiger partial charge in [0, 0.05) is 18.7 Å². The van der Waals surface area contributed by atoms with Crippen LogP contribution in [-0.2, 0) is 0 Å². The standard InChI is InChI=1S/C14H18FNO/c1-11-3-2-9-16(10-8-11)14(17)12-4-6-13(15)7-5-12/h4-7,11H,2-3,8-10H2,1H3. The molecule has 0 aliphatic carbocycles. The minimum absolute atomic E-state index is 0.0269. The summed E-state index contributed by atoms with van der Waals surface area (Å²) in [6, 6.07) is 5.80. The number of likely N-dealkylation sites (tertiary alicyclic amines) is 1. The van der Waals surface area contributed by atoms with Crippen molar-refractivity contribution in [1.29, 1.82) is 0 Å². The van der Waals surface area contributed by atoms with Gasteiger partial charge in [-0.15, -0.1) is 0 Å². The number of hydrogen-bond donors (Lipinski definition) is 0. The maximum absolute atomic E-state index is 12.8. The van der Waals surface area contributed by atoms with Gasteiger partial charge in [0.25, 0.3) is 5.91 Å². The van der Waals surface area contributed by atoms with Gasteiger partial charge in [0.1, 0.15) is 5.82 Å². The summed E-state index contributed by atoms with van der Waals surface area (Å²) in [5, 5.41) is 0. The Bertz CT molecular complexity index is 388. The highest BCUT2D eigenvalue weighted by Gasteiger charge is 2.19. The van der Waals surface area contributed by atoms with E-state index in [1.54, 1.807) is 12.1 Å². The lowest BCUT2D eigenvalue weighted by molar-refractivity contribution is 0.0760. The van der Waals surface area contributed by atoms with Crippen molar-refractivity contribution in [3.05, 3.63) is 35.6 Å². The minimum atomic E-state index is -0.300. The zero-order chi connectivity index (χ0) is 12.3. The van der Waals surface area contributed by atoms with Crippen LogP contribution in [0, 0.1) is 11.7 Å². The number of carbonyl (C=O) groups excluding carboxylic acids is 1. The summed E-state index contributed by atoms with van der Waals surface area (Å²) in [4.78, 5) is 14.1. The van der Waals surface area contributed by atoms with Crippen LogP contribution in [0.2, 0.25) is 0 Å².